The number of nitrogens with two attached hydrogens (primary N) is 1. The number of nitrogens with one attached hydrogen (secondary N) is 1. The summed E-state index contributed by atoms with van der Waals surface area (Å²) in [6, 6.07) is 3.37. The largest absolute Gasteiger partial charge is 0.382 e. The summed E-state index contributed by atoms with van der Waals surface area (Å²) in [5.74, 6) is -0.993. The Morgan fingerprint density at radius 1 is 1.11 bits per heavy atom. The third-order valence-corrected chi connectivity index (χ3v) is 6.73. The third-order valence-electron chi connectivity index (χ3n) is 6.73. The van der Waals surface area contributed by atoms with Gasteiger partial charge in [-0.05, 0) is 32.0 Å². The Labute approximate surface area is 201 Å². The number of hydrogen-bond acceptors (Lipinski definition) is 8. The fraction of sp³-hybridized carbons (Fsp3) is 0.435. The average molecular weight is 482 g/mol. The van der Waals surface area contributed by atoms with Crippen LogP contribution >= 0.6 is 0 Å². The highest BCUT2D eigenvalue weighted by molar-refractivity contribution is 6.08. The molecule has 2 aliphatic rings. The summed E-state index contributed by atoms with van der Waals surface area (Å²) < 4.78 is 16.3. The van der Waals surface area contributed by atoms with Crippen LogP contribution in [0.15, 0.2) is 30.7 Å². The van der Waals surface area contributed by atoms with Gasteiger partial charge in [0.2, 0.25) is 5.91 Å². The Balaban J connectivity index is 1.31. The molecule has 5 rings (SSSR count). The Morgan fingerprint density at radius 3 is 2.60 bits per heavy atom. The number of aromatic nitrogens is 4. The van der Waals surface area contributed by atoms with Crippen LogP contribution in [0.2, 0.25) is 0 Å². The van der Waals surface area contributed by atoms with E-state index in [2.05, 4.69) is 32.3 Å². The lowest BCUT2D eigenvalue weighted by Crippen LogP contribution is -2.50. The number of nitrogen functional groups attached to an aromatic ring is 1. The zero-order chi connectivity index (χ0) is 24.5. The van der Waals surface area contributed by atoms with Gasteiger partial charge in [-0.25, -0.2) is 13.9 Å². The van der Waals surface area contributed by atoms with Gasteiger partial charge in [-0.2, -0.15) is 5.10 Å². The number of anilines is 3. The third kappa shape index (κ3) is 4.48. The first-order valence-corrected chi connectivity index (χ1v) is 11.7. The number of piperidine rings is 1. The van der Waals surface area contributed by atoms with Crippen LogP contribution in [0.3, 0.4) is 0 Å². The summed E-state index contributed by atoms with van der Waals surface area (Å²) >= 11 is 0. The van der Waals surface area contributed by atoms with Gasteiger partial charge >= 0.3 is 0 Å². The molecule has 0 unspecified atom stereocenters. The number of imidazole rings is 1. The number of carbonyl (C=O) groups is 2. The van der Waals surface area contributed by atoms with Crippen LogP contribution in [0.4, 0.5) is 21.6 Å². The second-order valence-corrected chi connectivity index (χ2v) is 9.00. The van der Waals surface area contributed by atoms with Crippen molar-refractivity contribution in [1.29, 1.82) is 0 Å². The molecule has 0 aromatic carbocycles. The van der Waals surface area contributed by atoms with Gasteiger partial charge in [0.05, 0.1) is 18.1 Å². The second-order valence-electron chi connectivity index (χ2n) is 9.00. The van der Waals surface area contributed by atoms with Crippen LogP contribution < -0.4 is 16.0 Å². The van der Waals surface area contributed by atoms with E-state index in [4.69, 9.17) is 5.73 Å². The number of hydrogen-bond donors (Lipinski definition) is 2. The Morgan fingerprint density at radius 2 is 1.86 bits per heavy atom. The first-order valence-electron chi connectivity index (χ1n) is 11.7. The molecular formula is C23H28FN9O2. The number of halogens is 1. The molecule has 35 heavy (non-hydrogen) atoms. The molecule has 11 nitrogen and oxygen atoms in total. The van der Waals surface area contributed by atoms with Gasteiger partial charge in [-0.15, -0.1) is 0 Å². The maximum Gasteiger partial charge on any atom is 0.278 e. The highest BCUT2D eigenvalue weighted by Crippen LogP contribution is 2.33. The topological polar surface area (TPSA) is 125 Å². The van der Waals surface area contributed by atoms with Crippen LogP contribution in [-0.2, 0) is 4.79 Å². The van der Waals surface area contributed by atoms with E-state index in [0.717, 1.165) is 32.4 Å². The highest BCUT2D eigenvalue weighted by atomic mass is 19.1. The molecule has 0 aliphatic carbocycles. The molecule has 3 aromatic heterocycles. The van der Waals surface area contributed by atoms with Crippen molar-refractivity contribution in [3.63, 3.8) is 0 Å². The normalized spacial score (nSPS) is 17.7. The van der Waals surface area contributed by atoms with E-state index < -0.39 is 11.7 Å². The molecule has 0 atom stereocenters. The minimum atomic E-state index is -0.567. The molecular weight excluding hydrogens is 453 g/mol. The van der Waals surface area contributed by atoms with Crippen molar-refractivity contribution < 1.29 is 14.0 Å². The predicted molar refractivity (Wildman–Crippen MR) is 129 cm³/mol. The molecule has 0 saturated carbocycles. The maximum absolute atomic E-state index is 15.0. The summed E-state index contributed by atoms with van der Waals surface area (Å²) in [5, 5.41) is 6.87. The first-order chi connectivity index (χ1) is 16.9. The van der Waals surface area contributed by atoms with Crippen molar-refractivity contribution in [2.24, 2.45) is 5.92 Å². The molecule has 0 bridgehead atoms. The van der Waals surface area contributed by atoms with E-state index in [-0.39, 0.29) is 34.7 Å². The molecule has 2 fully saturated rings. The summed E-state index contributed by atoms with van der Waals surface area (Å²) in [6.07, 6.45) is 5.28. The SMILES string of the molecule is CN1CCN(C(=O)C2CCN(c3c(F)cncc3NC(=O)c3c(N)nc4cccnn34)CC2)CC1. The van der Waals surface area contributed by atoms with Gasteiger partial charge in [0, 0.05) is 51.4 Å². The molecule has 0 spiro atoms. The summed E-state index contributed by atoms with van der Waals surface area (Å²) in [6.45, 7) is 4.23. The highest BCUT2D eigenvalue weighted by Gasteiger charge is 2.32. The number of amides is 2. The van der Waals surface area contributed by atoms with Crippen molar-refractivity contribution in [3.05, 3.63) is 42.2 Å². The Kier molecular flexibility index (Phi) is 6.20. The standard InChI is InChI=1S/C23H28FN9O2/c1-30-9-11-32(12-10-30)23(35)15-4-7-31(8-5-15)19-16(24)13-26-14-17(19)28-22(34)20-21(25)29-18-3-2-6-27-33(18)20/h2-3,6,13-15H,4-5,7-12,25H2,1H3,(H,28,34). The van der Waals surface area contributed by atoms with Crippen molar-refractivity contribution in [2.45, 2.75) is 12.8 Å². The van der Waals surface area contributed by atoms with Crippen LogP contribution in [0.25, 0.3) is 5.65 Å². The van der Waals surface area contributed by atoms with Gasteiger partial charge in [-0.1, -0.05) is 0 Å². The van der Waals surface area contributed by atoms with Crippen molar-refractivity contribution in [2.75, 3.05) is 62.3 Å². The Bertz CT molecular complexity index is 1250. The molecule has 3 aromatic rings. The summed E-state index contributed by atoms with van der Waals surface area (Å²) in [7, 11) is 2.06. The number of fused-ring (bicyclic) bond motifs is 1. The minimum absolute atomic E-state index is 0.0235. The van der Waals surface area contributed by atoms with E-state index >= 15 is 0 Å². The van der Waals surface area contributed by atoms with Crippen LogP contribution in [-0.4, -0.2) is 87.5 Å². The van der Waals surface area contributed by atoms with E-state index in [1.807, 2.05) is 9.80 Å². The lowest BCUT2D eigenvalue weighted by Gasteiger charge is -2.38. The monoisotopic (exact) mass is 481 g/mol. The van der Waals surface area contributed by atoms with Gasteiger partial charge < -0.3 is 25.8 Å². The first kappa shape index (κ1) is 23.0. The van der Waals surface area contributed by atoms with E-state index in [1.54, 1.807) is 12.1 Å². The number of likely N-dealkylation sites (N-methyl/N-ethyl adjacent to an activating group) is 1. The molecule has 12 heteroatoms. The smallest absolute Gasteiger partial charge is 0.278 e. The van der Waals surface area contributed by atoms with Crippen LogP contribution in [0.5, 0.6) is 0 Å². The number of nitrogens with zero attached hydrogens (tertiary/aromatic N) is 7. The second kappa shape index (κ2) is 9.45. The van der Waals surface area contributed by atoms with Crippen molar-refractivity contribution >= 4 is 34.7 Å². The zero-order valence-electron chi connectivity index (χ0n) is 19.5. The summed E-state index contributed by atoms with van der Waals surface area (Å²) in [5.41, 5.74) is 6.93. The Hall–Kier alpha value is -3.80. The maximum atomic E-state index is 15.0. The lowest BCUT2D eigenvalue weighted by molar-refractivity contribution is -0.137. The van der Waals surface area contributed by atoms with Gasteiger partial charge in [0.25, 0.3) is 5.91 Å². The molecule has 2 aliphatic heterocycles. The lowest BCUT2D eigenvalue weighted by atomic mass is 9.94. The number of piperazine rings is 1. The number of carbonyl (C=O) groups excluding carboxylic acids is 2. The van der Waals surface area contributed by atoms with Gasteiger partial charge in [0.1, 0.15) is 5.69 Å². The number of rotatable bonds is 4. The minimum Gasteiger partial charge on any atom is -0.382 e. The molecule has 3 N–H and O–H groups in total. The molecule has 184 valence electrons. The van der Waals surface area contributed by atoms with E-state index in [1.165, 1.54) is 16.9 Å². The van der Waals surface area contributed by atoms with E-state index in [9.17, 15) is 14.0 Å². The fourth-order valence-electron chi connectivity index (χ4n) is 4.78. The van der Waals surface area contributed by atoms with E-state index in [0.29, 0.717) is 31.6 Å². The summed E-state index contributed by atoms with van der Waals surface area (Å²) in [4.78, 5) is 40.1. The number of pyridine rings is 1. The zero-order valence-corrected chi connectivity index (χ0v) is 19.5. The molecule has 0 radical (unpaired) electrons. The van der Waals surface area contributed by atoms with Crippen molar-refractivity contribution in [1.82, 2.24) is 29.4 Å². The van der Waals surface area contributed by atoms with Gasteiger partial charge in [0.15, 0.2) is 23.0 Å². The quantitative estimate of drug-likeness (QED) is 0.567. The predicted octanol–water partition coefficient (Wildman–Crippen LogP) is 1.09. The molecule has 2 amide bonds. The van der Waals surface area contributed by atoms with Crippen LogP contribution in [0, 0.1) is 11.7 Å². The van der Waals surface area contributed by atoms with Gasteiger partial charge in [-0.3, -0.25) is 14.6 Å². The average Bonchev–Trinajstić information content (AvgIpc) is 3.20. The van der Waals surface area contributed by atoms with Crippen molar-refractivity contribution in [3.8, 4) is 0 Å². The fourth-order valence-corrected chi connectivity index (χ4v) is 4.78. The molecule has 2 saturated heterocycles. The molecule has 5 heterocycles. The van der Waals surface area contributed by atoms with Crippen LogP contribution in [0.1, 0.15) is 23.3 Å².